The summed E-state index contributed by atoms with van der Waals surface area (Å²) in [5.74, 6) is 0.769. The number of nitrogens with two attached hydrogens (primary N) is 1. The van der Waals surface area contributed by atoms with Crippen LogP contribution in [0.1, 0.15) is 66.2 Å². The largest absolute Gasteiger partial charge is 0.349 e. The maximum absolute atomic E-state index is 13.0. The third kappa shape index (κ3) is 3.51. The number of carbonyl (C=O) groups excluding carboxylic acids is 1. The van der Waals surface area contributed by atoms with Crippen molar-refractivity contribution in [2.24, 2.45) is 11.7 Å². The van der Waals surface area contributed by atoms with E-state index in [0.29, 0.717) is 35.4 Å². The van der Waals surface area contributed by atoms with Gasteiger partial charge in [0.2, 0.25) is 0 Å². The molecule has 0 bridgehead atoms. The van der Waals surface area contributed by atoms with Gasteiger partial charge in [-0.05, 0) is 51.1 Å². The van der Waals surface area contributed by atoms with Crippen LogP contribution in [-0.4, -0.2) is 28.6 Å². The fraction of sp³-hybridized carbons (Fsp3) is 0.611. The summed E-state index contributed by atoms with van der Waals surface area (Å²) in [7, 11) is 0. The van der Waals surface area contributed by atoms with Crippen molar-refractivity contribution in [1.82, 2.24) is 15.5 Å². The van der Waals surface area contributed by atoms with Crippen LogP contribution >= 0.6 is 12.4 Å². The van der Waals surface area contributed by atoms with Gasteiger partial charge in [-0.25, -0.2) is 4.98 Å². The van der Waals surface area contributed by atoms with Crippen molar-refractivity contribution >= 4 is 29.4 Å². The molecule has 2 fully saturated rings. The quantitative estimate of drug-likeness (QED) is 0.869. The van der Waals surface area contributed by atoms with Crippen molar-refractivity contribution < 1.29 is 9.32 Å². The first-order chi connectivity index (χ1) is 11.7. The molecule has 0 aromatic carbocycles. The molecular weight excluding hydrogens is 340 g/mol. The molecule has 136 valence electrons. The molecule has 2 unspecified atom stereocenters. The van der Waals surface area contributed by atoms with Crippen molar-refractivity contribution in [3.63, 3.8) is 0 Å². The second kappa shape index (κ2) is 7.30. The first-order valence-corrected chi connectivity index (χ1v) is 8.95. The summed E-state index contributed by atoms with van der Waals surface area (Å²) in [5, 5.41) is 7.95. The van der Waals surface area contributed by atoms with Crippen LogP contribution in [0.3, 0.4) is 0 Å². The summed E-state index contributed by atoms with van der Waals surface area (Å²) in [6.07, 6.45) is 6.69. The highest BCUT2D eigenvalue weighted by molar-refractivity contribution is 6.06. The Morgan fingerprint density at radius 3 is 2.80 bits per heavy atom. The number of amides is 1. The highest BCUT2D eigenvalue weighted by atomic mass is 35.5. The first kappa shape index (κ1) is 18.1. The number of hydrogen-bond acceptors (Lipinski definition) is 5. The number of nitrogens with one attached hydrogen (secondary N) is 1. The molecule has 3 N–H and O–H groups in total. The van der Waals surface area contributed by atoms with Gasteiger partial charge in [-0.3, -0.25) is 4.79 Å². The molecule has 2 aliphatic carbocycles. The van der Waals surface area contributed by atoms with Crippen LogP contribution in [0.25, 0.3) is 11.1 Å². The summed E-state index contributed by atoms with van der Waals surface area (Å²) in [6.45, 7) is 2.47. The molecule has 2 saturated carbocycles. The lowest BCUT2D eigenvalue weighted by atomic mass is 9.84. The predicted molar refractivity (Wildman–Crippen MR) is 98.0 cm³/mol. The zero-order chi connectivity index (χ0) is 16.7. The lowest BCUT2D eigenvalue weighted by molar-refractivity contribution is 0.0909. The average molecular weight is 365 g/mol. The Labute approximate surface area is 153 Å². The van der Waals surface area contributed by atoms with E-state index in [9.17, 15) is 4.79 Å². The first-order valence-electron chi connectivity index (χ1n) is 8.95. The molecule has 7 heteroatoms. The number of aryl methyl sites for hydroxylation is 1. The van der Waals surface area contributed by atoms with Crippen LogP contribution in [0, 0.1) is 12.8 Å². The zero-order valence-corrected chi connectivity index (χ0v) is 15.3. The van der Waals surface area contributed by atoms with Crippen LogP contribution in [-0.2, 0) is 0 Å². The monoisotopic (exact) mass is 364 g/mol. The summed E-state index contributed by atoms with van der Waals surface area (Å²) in [5.41, 5.74) is 8.67. The Kier molecular flexibility index (Phi) is 5.29. The Balaban J connectivity index is 0.00000182. The molecule has 2 aliphatic rings. The molecule has 2 atom stereocenters. The molecular formula is C18H25ClN4O2. The van der Waals surface area contributed by atoms with Crippen molar-refractivity contribution in [2.75, 3.05) is 6.54 Å². The highest BCUT2D eigenvalue weighted by Crippen LogP contribution is 2.40. The molecule has 2 aromatic heterocycles. The van der Waals surface area contributed by atoms with Crippen molar-refractivity contribution in [3.8, 4) is 0 Å². The molecule has 25 heavy (non-hydrogen) atoms. The predicted octanol–water partition coefficient (Wildman–Crippen LogP) is 3.08. The SMILES string of the molecule is Cc1noc2nc(C3CC3)cc(C(=O)NC3CCCCC3CN)c12.Cl. The van der Waals surface area contributed by atoms with Gasteiger partial charge in [0.05, 0.1) is 16.6 Å². The maximum Gasteiger partial charge on any atom is 0.259 e. The standard InChI is InChI=1S/C18H24N4O2.ClH/c1-10-16-13(8-15(11-6-7-11)21-18(16)24-22-10)17(23)20-14-5-3-2-4-12(14)9-19;/h8,11-12,14H,2-7,9,19H2,1H3,(H,20,23);1H. The summed E-state index contributed by atoms with van der Waals surface area (Å²) in [6, 6.07) is 2.09. The van der Waals surface area contributed by atoms with Crippen LogP contribution in [0.5, 0.6) is 0 Å². The van der Waals surface area contributed by atoms with Gasteiger partial charge in [0.1, 0.15) is 0 Å². The topological polar surface area (TPSA) is 94.0 Å². The fourth-order valence-electron chi connectivity index (χ4n) is 3.81. The Hall–Kier alpha value is -1.66. The lowest BCUT2D eigenvalue weighted by Crippen LogP contribution is -2.44. The van der Waals surface area contributed by atoms with Crippen LogP contribution in [0.4, 0.5) is 0 Å². The summed E-state index contributed by atoms with van der Waals surface area (Å²) >= 11 is 0. The normalized spacial score (nSPS) is 23.3. The van der Waals surface area contributed by atoms with Crippen molar-refractivity contribution in [1.29, 1.82) is 0 Å². The van der Waals surface area contributed by atoms with Crippen LogP contribution in [0.15, 0.2) is 10.6 Å². The summed E-state index contributed by atoms with van der Waals surface area (Å²) < 4.78 is 5.33. The van der Waals surface area contributed by atoms with E-state index in [2.05, 4.69) is 15.5 Å². The van der Waals surface area contributed by atoms with Gasteiger partial charge >= 0.3 is 0 Å². The molecule has 0 saturated heterocycles. The third-order valence-electron chi connectivity index (χ3n) is 5.41. The third-order valence-corrected chi connectivity index (χ3v) is 5.41. The van der Waals surface area contributed by atoms with Crippen LogP contribution in [0.2, 0.25) is 0 Å². The number of aromatic nitrogens is 2. The zero-order valence-electron chi connectivity index (χ0n) is 14.5. The van der Waals surface area contributed by atoms with Gasteiger partial charge in [-0.2, -0.15) is 0 Å². The minimum absolute atomic E-state index is 0. The smallest absolute Gasteiger partial charge is 0.259 e. The number of hydrogen-bond donors (Lipinski definition) is 2. The molecule has 0 radical (unpaired) electrons. The van der Waals surface area contributed by atoms with E-state index in [1.54, 1.807) is 0 Å². The Morgan fingerprint density at radius 2 is 2.08 bits per heavy atom. The fourth-order valence-corrected chi connectivity index (χ4v) is 3.81. The highest BCUT2D eigenvalue weighted by Gasteiger charge is 2.30. The van der Waals surface area contributed by atoms with E-state index in [4.69, 9.17) is 10.3 Å². The molecule has 0 spiro atoms. The molecule has 1 amide bonds. The van der Waals surface area contributed by atoms with Gasteiger partial charge in [0.15, 0.2) is 0 Å². The minimum atomic E-state index is -0.0547. The van der Waals surface area contributed by atoms with Gasteiger partial charge < -0.3 is 15.6 Å². The van der Waals surface area contributed by atoms with E-state index in [1.807, 2.05) is 13.0 Å². The number of pyridine rings is 1. The molecule has 2 heterocycles. The lowest BCUT2D eigenvalue weighted by Gasteiger charge is -2.31. The average Bonchev–Trinajstić information content (AvgIpc) is 3.38. The van der Waals surface area contributed by atoms with Gasteiger partial charge in [0.25, 0.3) is 11.6 Å². The van der Waals surface area contributed by atoms with Gasteiger partial charge in [0, 0.05) is 17.7 Å². The molecule has 0 aliphatic heterocycles. The Bertz CT molecular complexity index is 772. The molecule has 2 aromatic rings. The Morgan fingerprint density at radius 1 is 1.32 bits per heavy atom. The van der Waals surface area contributed by atoms with E-state index in [0.717, 1.165) is 43.2 Å². The molecule has 4 rings (SSSR count). The van der Waals surface area contributed by atoms with Crippen molar-refractivity contribution in [3.05, 3.63) is 23.0 Å². The maximum atomic E-state index is 13.0. The summed E-state index contributed by atoms with van der Waals surface area (Å²) in [4.78, 5) is 17.5. The van der Waals surface area contributed by atoms with E-state index in [1.165, 1.54) is 6.42 Å². The number of carbonyl (C=O) groups is 1. The second-order valence-corrected chi connectivity index (χ2v) is 7.18. The molecule has 6 nitrogen and oxygen atoms in total. The van der Waals surface area contributed by atoms with E-state index in [-0.39, 0.29) is 24.4 Å². The number of fused-ring (bicyclic) bond motifs is 1. The van der Waals surface area contributed by atoms with Gasteiger partial charge in [-0.15, -0.1) is 12.4 Å². The number of halogens is 1. The minimum Gasteiger partial charge on any atom is -0.349 e. The van der Waals surface area contributed by atoms with E-state index >= 15 is 0 Å². The number of rotatable bonds is 4. The number of nitrogens with zero attached hydrogens (tertiary/aromatic N) is 2. The van der Waals surface area contributed by atoms with Crippen molar-refractivity contribution in [2.45, 2.75) is 57.4 Å². The van der Waals surface area contributed by atoms with Gasteiger partial charge in [-0.1, -0.05) is 18.0 Å². The van der Waals surface area contributed by atoms with Crippen LogP contribution < -0.4 is 11.1 Å². The second-order valence-electron chi connectivity index (χ2n) is 7.18. The van der Waals surface area contributed by atoms with E-state index < -0.39 is 0 Å².